The highest BCUT2D eigenvalue weighted by molar-refractivity contribution is 5.80. The van der Waals surface area contributed by atoms with Crippen molar-refractivity contribution in [2.24, 2.45) is 0 Å². The van der Waals surface area contributed by atoms with Gasteiger partial charge in [-0.15, -0.1) is 0 Å². The summed E-state index contributed by atoms with van der Waals surface area (Å²) < 4.78 is 15.6. The Morgan fingerprint density at radius 2 is 1.81 bits per heavy atom. The molecule has 0 aromatic rings. The molecule has 1 fully saturated rings. The first-order valence-corrected chi connectivity index (χ1v) is 7.71. The maximum absolute atomic E-state index is 12.3. The summed E-state index contributed by atoms with van der Waals surface area (Å²) in [7, 11) is 3.36. The van der Waals surface area contributed by atoms with E-state index in [9.17, 15) is 4.79 Å². The van der Waals surface area contributed by atoms with E-state index < -0.39 is 5.54 Å². The second-order valence-corrected chi connectivity index (χ2v) is 5.73. The van der Waals surface area contributed by atoms with Gasteiger partial charge in [0.1, 0.15) is 5.54 Å². The van der Waals surface area contributed by atoms with Crippen molar-refractivity contribution >= 4 is 5.97 Å². The van der Waals surface area contributed by atoms with Gasteiger partial charge in [0.05, 0.1) is 19.8 Å². The number of nitrogens with zero attached hydrogens (tertiary/aromatic N) is 1. The van der Waals surface area contributed by atoms with Crippen molar-refractivity contribution in [1.29, 1.82) is 0 Å². The van der Waals surface area contributed by atoms with Crippen molar-refractivity contribution in [2.45, 2.75) is 38.3 Å². The van der Waals surface area contributed by atoms with E-state index in [1.165, 1.54) is 0 Å². The molecule has 0 amide bonds. The van der Waals surface area contributed by atoms with E-state index in [0.29, 0.717) is 32.4 Å². The number of rotatable bonds is 12. The number of hydrogen-bond acceptors (Lipinski definition) is 6. The van der Waals surface area contributed by atoms with Crippen LogP contribution in [0.15, 0.2) is 0 Å². The van der Waals surface area contributed by atoms with E-state index in [0.717, 1.165) is 25.9 Å². The molecule has 0 aromatic carbocycles. The van der Waals surface area contributed by atoms with Crippen molar-refractivity contribution in [3.8, 4) is 0 Å². The van der Waals surface area contributed by atoms with Crippen molar-refractivity contribution in [3.05, 3.63) is 0 Å². The van der Waals surface area contributed by atoms with Crippen LogP contribution in [0, 0.1) is 0 Å². The lowest BCUT2D eigenvalue weighted by Gasteiger charge is -2.34. The van der Waals surface area contributed by atoms with Crippen molar-refractivity contribution in [3.63, 3.8) is 0 Å². The molecule has 21 heavy (non-hydrogen) atoms. The summed E-state index contributed by atoms with van der Waals surface area (Å²) in [6, 6.07) is 0.436. The molecule has 6 nitrogen and oxygen atoms in total. The van der Waals surface area contributed by atoms with Gasteiger partial charge in [0.15, 0.2) is 0 Å². The lowest BCUT2D eigenvalue weighted by atomic mass is 10.0. The third-order valence-electron chi connectivity index (χ3n) is 3.59. The summed E-state index contributed by atoms with van der Waals surface area (Å²) in [5.41, 5.74) is -0.682. The van der Waals surface area contributed by atoms with E-state index in [4.69, 9.17) is 14.2 Å². The summed E-state index contributed by atoms with van der Waals surface area (Å²) >= 11 is 0. The van der Waals surface area contributed by atoms with Gasteiger partial charge in [-0.05, 0) is 26.7 Å². The van der Waals surface area contributed by atoms with Crippen LogP contribution in [-0.2, 0) is 19.0 Å². The van der Waals surface area contributed by atoms with E-state index in [1.54, 1.807) is 14.2 Å². The molecule has 0 aliphatic heterocycles. The van der Waals surface area contributed by atoms with Crippen molar-refractivity contribution in [1.82, 2.24) is 10.2 Å². The maximum atomic E-state index is 12.3. The highest BCUT2D eigenvalue weighted by atomic mass is 16.5. The van der Waals surface area contributed by atoms with Gasteiger partial charge >= 0.3 is 5.97 Å². The minimum absolute atomic E-state index is 0.184. The first-order valence-electron chi connectivity index (χ1n) is 7.71. The number of methoxy groups -OCH3 is 2. The molecule has 124 valence electrons. The molecule has 0 bridgehead atoms. The van der Waals surface area contributed by atoms with Crippen LogP contribution in [0.3, 0.4) is 0 Å². The van der Waals surface area contributed by atoms with Crippen LogP contribution in [-0.4, -0.2) is 76.1 Å². The Hall–Kier alpha value is -0.690. The van der Waals surface area contributed by atoms with Crippen LogP contribution < -0.4 is 5.32 Å². The molecular weight excluding hydrogens is 272 g/mol. The minimum atomic E-state index is -0.682. The SMILES string of the molecule is CCOC(=O)C(C)(CN(CCOC)CCOC)NC1CC1. The zero-order chi connectivity index (χ0) is 15.7. The number of carbonyl (C=O) groups excluding carboxylic acids is 1. The first kappa shape index (κ1) is 18.4. The number of nitrogens with one attached hydrogen (secondary N) is 1. The van der Waals surface area contributed by atoms with Gasteiger partial charge in [0, 0.05) is 39.9 Å². The molecule has 0 spiro atoms. The lowest BCUT2D eigenvalue weighted by molar-refractivity contribution is -0.151. The van der Waals surface area contributed by atoms with Crippen LogP contribution in [0.2, 0.25) is 0 Å². The number of carbonyl (C=O) groups is 1. The quantitative estimate of drug-likeness (QED) is 0.534. The van der Waals surface area contributed by atoms with Gasteiger partial charge in [-0.2, -0.15) is 0 Å². The second kappa shape index (κ2) is 9.35. The molecule has 1 aliphatic rings. The highest BCUT2D eigenvalue weighted by Crippen LogP contribution is 2.24. The highest BCUT2D eigenvalue weighted by Gasteiger charge is 2.40. The third kappa shape index (κ3) is 6.74. The number of ether oxygens (including phenoxy) is 3. The summed E-state index contributed by atoms with van der Waals surface area (Å²) in [4.78, 5) is 14.5. The lowest BCUT2D eigenvalue weighted by Crippen LogP contribution is -2.59. The molecular formula is C15H30N2O4. The zero-order valence-corrected chi connectivity index (χ0v) is 13.8. The normalized spacial score (nSPS) is 17.8. The molecule has 1 aliphatic carbocycles. The Morgan fingerprint density at radius 1 is 1.24 bits per heavy atom. The minimum Gasteiger partial charge on any atom is -0.465 e. The molecule has 1 atom stereocenters. The molecule has 1 unspecified atom stereocenters. The van der Waals surface area contributed by atoms with E-state index >= 15 is 0 Å². The first-order chi connectivity index (χ1) is 10.1. The molecule has 1 saturated carbocycles. The number of esters is 1. The van der Waals surface area contributed by atoms with E-state index in [-0.39, 0.29) is 5.97 Å². The van der Waals surface area contributed by atoms with Gasteiger partial charge in [0.25, 0.3) is 0 Å². The van der Waals surface area contributed by atoms with Gasteiger partial charge in [0.2, 0.25) is 0 Å². The average molecular weight is 302 g/mol. The van der Waals surface area contributed by atoms with E-state index in [2.05, 4.69) is 10.2 Å². The summed E-state index contributed by atoms with van der Waals surface area (Å²) in [6.07, 6.45) is 2.26. The summed E-state index contributed by atoms with van der Waals surface area (Å²) in [5, 5.41) is 3.44. The Labute approximate surface area is 128 Å². The van der Waals surface area contributed by atoms with Gasteiger partial charge in [-0.25, -0.2) is 0 Å². The largest absolute Gasteiger partial charge is 0.465 e. The molecule has 0 aromatic heterocycles. The second-order valence-electron chi connectivity index (χ2n) is 5.73. The van der Waals surface area contributed by atoms with Crippen LogP contribution in [0.5, 0.6) is 0 Å². The molecule has 1 N–H and O–H groups in total. The Bertz CT molecular complexity index is 302. The molecule has 1 rings (SSSR count). The van der Waals surface area contributed by atoms with Gasteiger partial charge in [-0.3, -0.25) is 15.0 Å². The Balaban J connectivity index is 2.66. The fourth-order valence-electron chi connectivity index (χ4n) is 2.30. The van der Waals surface area contributed by atoms with Gasteiger partial charge in [-0.1, -0.05) is 0 Å². The van der Waals surface area contributed by atoms with Crippen LogP contribution >= 0.6 is 0 Å². The van der Waals surface area contributed by atoms with Crippen LogP contribution in [0.25, 0.3) is 0 Å². The Kier molecular flexibility index (Phi) is 8.18. The molecule has 0 heterocycles. The molecule has 6 heteroatoms. The standard InChI is InChI=1S/C15H30N2O4/c1-5-21-14(18)15(2,16-13-6-7-13)12-17(8-10-19-3)9-11-20-4/h13,16H,5-12H2,1-4H3. The fourth-order valence-corrected chi connectivity index (χ4v) is 2.30. The van der Waals surface area contributed by atoms with Crippen LogP contribution in [0.1, 0.15) is 26.7 Å². The summed E-state index contributed by atoms with van der Waals surface area (Å²) in [6.45, 7) is 7.55. The van der Waals surface area contributed by atoms with Crippen molar-refractivity contribution in [2.75, 3.05) is 53.7 Å². The van der Waals surface area contributed by atoms with Gasteiger partial charge < -0.3 is 14.2 Å². The number of hydrogen-bond donors (Lipinski definition) is 1. The smallest absolute Gasteiger partial charge is 0.327 e. The molecule has 0 saturated heterocycles. The zero-order valence-electron chi connectivity index (χ0n) is 13.8. The topological polar surface area (TPSA) is 60.0 Å². The summed E-state index contributed by atoms with van der Waals surface area (Å²) in [5.74, 6) is -0.184. The van der Waals surface area contributed by atoms with Crippen molar-refractivity contribution < 1.29 is 19.0 Å². The predicted molar refractivity (Wildman–Crippen MR) is 81.4 cm³/mol. The maximum Gasteiger partial charge on any atom is 0.327 e. The van der Waals surface area contributed by atoms with E-state index in [1.807, 2.05) is 13.8 Å². The average Bonchev–Trinajstić information content (AvgIpc) is 3.25. The predicted octanol–water partition coefficient (Wildman–Crippen LogP) is 0.655. The fraction of sp³-hybridized carbons (Fsp3) is 0.933. The van der Waals surface area contributed by atoms with Crippen LogP contribution in [0.4, 0.5) is 0 Å². The third-order valence-corrected chi connectivity index (χ3v) is 3.59. The monoisotopic (exact) mass is 302 g/mol. The molecule has 0 radical (unpaired) electrons. The Morgan fingerprint density at radius 3 is 2.24 bits per heavy atom.